The van der Waals surface area contributed by atoms with Crippen LogP contribution in [0.4, 0.5) is 4.39 Å². The lowest BCUT2D eigenvalue weighted by Gasteiger charge is -2.05. The van der Waals surface area contributed by atoms with Gasteiger partial charge in [-0.15, -0.1) is 11.6 Å². The molecule has 0 fully saturated rings. The van der Waals surface area contributed by atoms with Gasteiger partial charge >= 0.3 is 0 Å². The summed E-state index contributed by atoms with van der Waals surface area (Å²) in [5.74, 6) is 0.238. The zero-order valence-corrected chi connectivity index (χ0v) is 10.6. The average molecular weight is 253 g/mol. The monoisotopic (exact) mass is 252 g/mol. The largest absolute Gasteiger partial charge is 0.265 e. The van der Waals surface area contributed by atoms with Gasteiger partial charge in [0, 0.05) is 11.3 Å². The molecule has 2 aromatic rings. The maximum atomic E-state index is 13.1. The molecular formula is C13H14ClFN2. The molecule has 1 aromatic heterocycles. The highest BCUT2D eigenvalue weighted by molar-refractivity contribution is 6.17. The zero-order valence-electron chi connectivity index (χ0n) is 9.87. The van der Waals surface area contributed by atoms with E-state index in [2.05, 4.69) is 5.10 Å². The number of aryl methyl sites for hydroxylation is 1. The molecule has 0 aliphatic carbocycles. The van der Waals surface area contributed by atoms with E-state index in [4.69, 9.17) is 11.6 Å². The first-order chi connectivity index (χ1) is 8.11. The van der Waals surface area contributed by atoms with Gasteiger partial charge in [-0.1, -0.05) is 12.1 Å². The highest BCUT2D eigenvalue weighted by atomic mass is 35.5. The van der Waals surface area contributed by atoms with E-state index in [1.54, 1.807) is 6.07 Å². The third kappa shape index (κ3) is 2.50. The van der Waals surface area contributed by atoms with E-state index in [1.165, 1.54) is 12.1 Å². The second-order valence-electron chi connectivity index (χ2n) is 4.07. The Morgan fingerprint density at radius 2 is 2.12 bits per heavy atom. The molecule has 1 aromatic carbocycles. The molecule has 0 bridgehead atoms. The van der Waals surface area contributed by atoms with Crippen molar-refractivity contribution in [3.05, 3.63) is 52.6 Å². The lowest BCUT2D eigenvalue weighted by Crippen LogP contribution is -2.04. The molecule has 4 heteroatoms. The molecule has 0 saturated heterocycles. The summed E-state index contributed by atoms with van der Waals surface area (Å²) in [6.45, 7) is 4.49. The summed E-state index contributed by atoms with van der Waals surface area (Å²) in [5, 5.41) is 4.42. The van der Waals surface area contributed by atoms with Crippen molar-refractivity contribution in [3.8, 4) is 0 Å². The molecule has 0 atom stereocenters. The molecule has 0 spiro atoms. The van der Waals surface area contributed by atoms with Gasteiger partial charge in [0.15, 0.2) is 0 Å². The smallest absolute Gasteiger partial charge is 0.123 e. The molecule has 0 amide bonds. The number of hydrogen-bond donors (Lipinski definition) is 0. The van der Waals surface area contributed by atoms with Crippen molar-refractivity contribution in [2.45, 2.75) is 26.3 Å². The molecule has 0 unspecified atom stereocenters. The van der Waals surface area contributed by atoms with Crippen LogP contribution in [0.25, 0.3) is 0 Å². The van der Waals surface area contributed by atoms with Crippen molar-refractivity contribution in [1.82, 2.24) is 9.78 Å². The lowest BCUT2D eigenvalue weighted by molar-refractivity contribution is 0.615. The van der Waals surface area contributed by atoms with Gasteiger partial charge in [-0.3, -0.25) is 4.68 Å². The maximum absolute atomic E-state index is 13.1. The van der Waals surface area contributed by atoms with Crippen molar-refractivity contribution in [1.29, 1.82) is 0 Å². The van der Waals surface area contributed by atoms with E-state index < -0.39 is 0 Å². The van der Waals surface area contributed by atoms with Crippen LogP contribution < -0.4 is 0 Å². The van der Waals surface area contributed by atoms with Gasteiger partial charge in [0.05, 0.1) is 18.1 Å². The average Bonchev–Trinajstić information content (AvgIpc) is 2.54. The van der Waals surface area contributed by atoms with Crippen LogP contribution in [0.2, 0.25) is 0 Å². The van der Waals surface area contributed by atoms with Crippen LogP contribution in [0, 0.1) is 19.7 Å². The molecule has 1 heterocycles. The van der Waals surface area contributed by atoms with Crippen molar-refractivity contribution < 1.29 is 4.39 Å². The number of rotatable bonds is 3. The zero-order chi connectivity index (χ0) is 12.4. The number of nitrogens with zero attached hydrogens (tertiary/aromatic N) is 2. The predicted octanol–water partition coefficient (Wildman–Crippen LogP) is 3.43. The van der Waals surface area contributed by atoms with Crippen molar-refractivity contribution >= 4 is 11.6 Å². The van der Waals surface area contributed by atoms with Crippen molar-refractivity contribution in [3.63, 3.8) is 0 Å². The summed E-state index contributed by atoms with van der Waals surface area (Å²) in [5.41, 5.74) is 3.94. The van der Waals surface area contributed by atoms with E-state index in [1.807, 2.05) is 24.6 Å². The van der Waals surface area contributed by atoms with Crippen molar-refractivity contribution in [2.75, 3.05) is 0 Å². The minimum atomic E-state index is -0.221. The Bertz CT molecular complexity index is 534. The molecular weight excluding hydrogens is 239 g/mol. The third-order valence-corrected chi connectivity index (χ3v) is 3.15. The summed E-state index contributed by atoms with van der Waals surface area (Å²) in [4.78, 5) is 0. The molecule has 17 heavy (non-hydrogen) atoms. The molecule has 2 nitrogen and oxygen atoms in total. The Kier molecular flexibility index (Phi) is 3.48. The van der Waals surface area contributed by atoms with Crippen LogP contribution in [-0.2, 0) is 12.4 Å². The van der Waals surface area contributed by atoms with E-state index in [0.717, 1.165) is 22.5 Å². The second kappa shape index (κ2) is 4.88. The predicted molar refractivity (Wildman–Crippen MR) is 66.8 cm³/mol. The molecule has 0 saturated carbocycles. The summed E-state index contributed by atoms with van der Waals surface area (Å²) >= 11 is 5.87. The Morgan fingerprint density at radius 1 is 1.35 bits per heavy atom. The Labute approximate surface area is 105 Å². The topological polar surface area (TPSA) is 17.8 Å². The minimum Gasteiger partial charge on any atom is -0.265 e. The summed E-state index contributed by atoms with van der Waals surface area (Å²) in [6, 6.07) is 6.56. The summed E-state index contributed by atoms with van der Waals surface area (Å²) < 4.78 is 14.9. The van der Waals surface area contributed by atoms with Gasteiger partial charge < -0.3 is 0 Å². The van der Waals surface area contributed by atoms with Crippen LogP contribution in [0.1, 0.15) is 22.5 Å². The van der Waals surface area contributed by atoms with E-state index in [-0.39, 0.29) is 5.82 Å². The first kappa shape index (κ1) is 12.1. The molecule has 0 radical (unpaired) electrons. The number of benzene rings is 1. The summed E-state index contributed by atoms with van der Waals surface area (Å²) in [6.07, 6.45) is 0. The quantitative estimate of drug-likeness (QED) is 0.766. The lowest BCUT2D eigenvalue weighted by atomic mass is 10.2. The van der Waals surface area contributed by atoms with Gasteiger partial charge in [-0.2, -0.15) is 5.10 Å². The minimum absolute atomic E-state index is 0.221. The fourth-order valence-corrected chi connectivity index (χ4v) is 2.28. The molecule has 2 rings (SSSR count). The van der Waals surface area contributed by atoms with Gasteiger partial charge in [0.2, 0.25) is 0 Å². The first-order valence-electron chi connectivity index (χ1n) is 5.45. The fraction of sp³-hybridized carbons (Fsp3) is 0.308. The number of halogens is 2. The van der Waals surface area contributed by atoms with Gasteiger partial charge in [0.1, 0.15) is 5.82 Å². The number of aromatic nitrogens is 2. The Hall–Kier alpha value is -1.35. The normalized spacial score (nSPS) is 10.8. The van der Waals surface area contributed by atoms with Gasteiger partial charge in [-0.05, 0) is 31.5 Å². The van der Waals surface area contributed by atoms with E-state index in [9.17, 15) is 4.39 Å². The molecule has 90 valence electrons. The van der Waals surface area contributed by atoms with Crippen LogP contribution >= 0.6 is 11.6 Å². The third-order valence-electron chi connectivity index (χ3n) is 2.89. The molecule has 0 aliphatic rings. The van der Waals surface area contributed by atoms with Crippen molar-refractivity contribution in [2.24, 2.45) is 0 Å². The molecule has 0 aliphatic heterocycles. The first-order valence-corrected chi connectivity index (χ1v) is 5.98. The Balaban J connectivity index is 2.30. The van der Waals surface area contributed by atoms with Crippen LogP contribution in [-0.4, -0.2) is 9.78 Å². The second-order valence-corrected chi connectivity index (χ2v) is 4.34. The number of hydrogen-bond acceptors (Lipinski definition) is 1. The SMILES string of the molecule is Cc1nn(Cc2cccc(F)c2)c(C)c1CCl. The maximum Gasteiger partial charge on any atom is 0.123 e. The van der Waals surface area contributed by atoms with Gasteiger partial charge in [0.25, 0.3) is 0 Å². The number of alkyl halides is 1. The van der Waals surface area contributed by atoms with E-state index in [0.29, 0.717) is 12.4 Å². The fourth-order valence-electron chi connectivity index (χ4n) is 1.89. The highest BCUT2D eigenvalue weighted by Crippen LogP contribution is 2.16. The highest BCUT2D eigenvalue weighted by Gasteiger charge is 2.10. The molecule has 0 N–H and O–H groups in total. The summed E-state index contributed by atoms with van der Waals surface area (Å²) in [7, 11) is 0. The van der Waals surface area contributed by atoms with Crippen LogP contribution in [0.15, 0.2) is 24.3 Å². The van der Waals surface area contributed by atoms with Gasteiger partial charge in [-0.25, -0.2) is 4.39 Å². The van der Waals surface area contributed by atoms with Crippen LogP contribution in [0.5, 0.6) is 0 Å². The Morgan fingerprint density at radius 3 is 2.71 bits per heavy atom. The van der Waals surface area contributed by atoms with Crippen LogP contribution in [0.3, 0.4) is 0 Å². The standard InChI is InChI=1S/C13H14ClFN2/c1-9-13(7-14)10(2)17(16-9)8-11-4-3-5-12(15)6-11/h3-6H,7-8H2,1-2H3. The van der Waals surface area contributed by atoms with E-state index >= 15 is 0 Å².